The number of aryl methyl sites for hydroxylation is 2. The maximum atomic E-state index is 13.9. The number of anilines is 1. The van der Waals surface area contributed by atoms with Gasteiger partial charge < -0.3 is 10.1 Å². The molecule has 0 fully saturated rings. The smallest absolute Gasteiger partial charge is 0.418 e. The van der Waals surface area contributed by atoms with Gasteiger partial charge in [-0.15, -0.1) is 0 Å². The fraction of sp³-hybridized carbons (Fsp3) is 0.200. The summed E-state index contributed by atoms with van der Waals surface area (Å²) in [4.78, 5) is 24.3. The molecule has 0 heterocycles. The van der Waals surface area contributed by atoms with Gasteiger partial charge >= 0.3 is 6.18 Å². The second-order valence-electron chi connectivity index (χ2n) is 7.48. The first kappa shape index (κ1) is 23.1. The van der Waals surface area contributed by atoms with Crippen LogP contribution in [-0.2, 0) is 6.18 Å². The van der Waals surface area contributed by atoms with Crippen molar-refractivity contribution in [2.24, 2.45) is 0 Å². The molecule has 0 spiro atoms. The van der Waals surface area contributed by atoms with Crippen molar-refractivity contribution in [1.82, 2.24) is 0 Å². The Kier molecular flexibility index (Phi) is 6.39. The number of carbonyl (C=O) groups excluding carboxylic acids is 2. The standard InChI is InChI=1S/C25H22F3NO3/c1-14-5-7-17(16(3)30)11-20(14)18-9-10-22(21(12-18)25(26,27)28)29-24(31)19-8-6-15(2)23(13-19)32-4/h5-13H,1-4H3,(H,29,31). The monoisotopic (exact) mass is 441 g/mol. The lowest BCUT2D eigenvalue weighted by Gasteiger charge is -2.17. The first-order valence-electron chi connectivity index (χ1n) is 9.80. The highest BCUT2D eigenvalue weighted by molar-refractivity contribution is 6.05. The Morgan fingerprint density at radius 1 is 0.875 bits per heavy atom. The van der Waals surface area contributed by atoms with Crippen molar-refractivity contribution in [3.8, 4) is 16.9 Å². The molecule has 1 amide bonds. The van der Waals surface area contributed by atoms with Crippen molar-refractivity contribution < 1.29 is 27.5 Å². The molecule has 0 atom stereocenters. The van der Waals surface area contributed by atoms with E-state index < -0.39 is 17.6 Å². The normalized spacial score (nSPS) is 11.2. The number of rotatable bonds is 5. The quantitative estimate of drug-likeness (QED) is 0.463. The van der Waals surface area contributed by atoms with E-state index >= 15 is 0 Å². The second-order valence-corrected chi connectivity index (χ2v) is 7.48. The zero-order valence-electron chi connectivity index (χ0n) is 18.1. The van der Waals surface area contributed by atoms with Crippen LogP contribution >= 0.6 is 0 Å². The van der Waals surface area contributed by atoms with Crippen molar-refractivity contribution in [3.05, 3.63) is 82.4 Å². The third-order valence-corrected chi connectivity index (χ3v) is 5.20. The van der Waals surface area contributed by atoms with Crippen molar-refractivity contribution in [3.63, 3.8) is 0 Å². The molecule has 0 saturated carbocycles. The van der Waals surface area contributed by atoms with Crippen LogP contribution in [0.2, 0.25) is 0 Å². The second kappa shape index (κ2) is 8.86. The zero-order valence-corrected chi connectivity index (χ0v) is 18.1. The van der Waals surface area contributed by atoms with Gasteiger partial charge in [-0.3, -0.25) is 9.59 Å². The van der Waals surface area contributed by atoms with E-state index in [-0.39, 0.29) is 17.0 Å². The summed E-state index contributed by atoms with van der Waals surface area (Å²) >= 11 is 0. The maximum Gasteiger partial charge on any atom is 0.418 e. The van der Waals surface area contributed by atoms with Crippen LogP contribution < -0.4 is 10.1 Å². The molecule has 3 rings (SSSR count). The molecule has 32 heavy (non-hydrogen) atoms. The van der Waals surface area contributed by atoms with E-state index in [0.29, 0.717) is 22.4 Å². The summed E-state index contributed by atoms with van der Waals surface area (Å²) < 4.78 is 46.7. The van der Waals surface area contributed by atoms with Crippen LogP contribution in [0.3, 0.4) is 0 Å². The van der Waals surface area contributed by atoms with E-state index in [9.17, 15) is 22.8 Å². The zero-order chi connectivity index (χ0) is 23.6. The van der Waals surface area contributed by atoms with Crippen LogP contribution in [-0.4, -0.2) is 18.8 Å². The number of nitrogens with one attached hydrogen (secondary N) is 1. The average molecular weight is 441 g/mol. The number of hydrogen-bond donors (Lipinski definition) is 1. The van der Waals surface area contributed by atoms with Crippen LogP contribution in [0.1, 0.15) is 44.3 Å². The fourth-order valence-electron chi connectivity index (χ4n) is 3.36. The van der Waals surface area contributed by atoms with E-state index in [4.69, 9.17) is 4.74 Å². The highest BCUT2D eigenvalue weighted by atomic mass is 19.4. The van der Waals surface area contributed by atoms with Crippen molar-refractivity contribution in [1.29, 1.82) is 0 Å². The van der Waals surface area contributed by atoms with Gasteiger partial charge in [-0.1, -0.05) is 24.3 Å². The van der Waals surface area contributed by atoms with E-state index in [0.717, 1.165) is 17.2 Å². The van der Waals surface area contributed by atoms with Gasteiger partial charge in [-0.25, -0.2) is 0 Å². The van der Waals surface area contributed by atoms with Crippen LogP contribution in [0.25, 0.3) is 11.1 Å². The Balaban J connectivity index is 2.03. The lowest BCUT2D eigenvalue weighted by atomic mass is 9.95. The number of methoxy groups -OCH3 is 1. The van der Waals surface area contributed by atoms with Gasteiger partial charge in [-0.05, 0) is 73.4 Å². The minimum atomic E-state index is -4.70. The topological polar surface area (TPSA) is 55.4 Å². The third kappa shape index (κ3) is 4.82. The number of alkyl halides is 3. The van der Waals surface area contributed by atoms with E-state index in [2.05, 4.69) is 5.32 Å². The minimum absolute atomic E-state index is 0.176. The number of ketones is 1. The van der Waals surface area contributed by atoms with Gasteiger partial charge in [0.15, 0.2) is 5.78 Å². The van der Waals surface area contributed by atoms with Gasteiger partial charge in [0, 0.05) is 11.1 Å². The molecule has 0 saturated heterocycles. The summed E-state index contributed by atoms with van der Waals surface area (Å²) in [6.07, 6.45) is -4.70. The molecule has 0 unspecified atom stereocenters. The molecule has 3 aromatic carbocycles. The Labute approximate surface area is 184 Å². The van der Waals surface area contributed by atoms with Gasteiger partial charge in [0.25, 0.3) is 5.91 Å². The molecule has 1 N–H and O–H groups in total. The summed E-state index contributed by atoms with van der Waals surface area (Å²) in [5.41, 5.74) is 1.59. The molecule has 7 heteroatoms. The van der Waals surface area contributed by atoms with Crippen LogP contribution in [0.5, 0.6) is 5.75 Å². The van der Waals surface area contributed by atoms with E-state index in [1.54, 1.807) is 38.1 Å². The SMILES string of the molecule is COc1cc(C(=O)Nc2ccc(-c3cc(C(C)=O)ccc3C)cc2C(F)(F)F)ccc1C. The maximum absolute atomic E-state index is 13.9. The Morgan fingerprint density at radius 3 is 2.16 bits per heavy atom. The van der Waals surface area contributed by atoms with Gasteiger partial charge in [-0.2, -0.15) is 13.2 Å². The molecule has 4 nitrogen and oxygen atoms in total. The lowest BCUT2D eigenvalue weighted by molar-refractivity contribution is -0.136. The Hall–Kier alpha value is -3.61. The first-order chi connectivity index (χ1) is 15.0. The summed E-state index contributed by atoms with van der Waals surface area (Å²) in [6, 6.07) is 13.3. The molecule has 3 aromatic rings. The summed E-state index contributed by atoms with van der Waals surface area (Å²) in [7, 11) is 1.45. The molecule has 0 aliphatic carbocycles. The van der Waals surface area contributed by atoms with Crippen LogP contribution in [0, 0.1) is 13.8 Å². The summed E-state index contributed by atoms with van der Waals surface area (Å²) in [6.45, 7) is 4.95. The minimum Gasteiger partial charge on any atom is -0.496 e. The summed E-state index contributed by atoms with van der Waals surface area (Å²) in [5, 5.41) is 2.36. The number of benzene rings is 3. The van der Waals surface area contributed by atoms with E-state index in [1.807, 2.05) is 0 Å². The van der Waals surface area contributed by atoms with Crippen molar-refractivity contribution in [2.75, 3.05) is 12.4 Å². The molecule has 0 aliphatic rings. The lowest BCUT2D eigenvalue weighted by Crippen LogP contribution is -2.17. The number of carbonyl (C=O) groups is 2. The van der Waals surface area contributed by atoms with Crippen LogP contribution in [0.4, 0.5) is 18.9 Å². The number of Topliss-reactive ketones (excluding diaryl/α,β-unsaturated/α-hetero) is 1. The molecule has 0 aromatic heterocycles. The third-order valence-electron chi connectivity index (χ3n) is 5.20. The fourth-order valence-corrected chi connectivity index (χ4v) is 3.36. The van der Waals surface area contributed by atoms with Crippen molar-refractivity contribution in [2.45, 2.75) is 26.9 Å². The van der Waals surface area contributed by atoms with Gasteiger partial charge in [0.05, 0.1) is 18.4 Å². The molecule has 0 bridgehead atoms. The Bertz CT molecular complexity index is 1200. The number of ether oxygens (including phenoxy) is 1. The highest BCUT2D eigenvalue weighted by Crippen LogP contribution is 2.38. The van der Waals surface area contributed by atoms with E-state index in [1.165, 1.54) is 38.3 Å². The Morgan fingerprint density at radius 2 is 1.53 bits per heavy atom. The highest BCUT2D eigenvalue weighted by Gasteiger charge is 2.34. The predicted molar refractivity (Wildman–Crippen MR) is 117 cm³/mol. The molecule has 0 aliphatic heterocycles. The molecule has 0 radical (unpaired) electrons. The van der Waals surface area contributed by atoms with Crippen LogP contribution in [0.15, 0.2) is 54.6 Å². The van der Waals surface area contributed by atoms with Gasteiger partial charge in [0.2, 0.25) is 0 Å². The molecular weight excluding hydrogens is 419 g/mol. The molecular formula is C25H22F3NO3. The molecule has 166 valence electrons. The number of amides is 1. The van der Waals surface area contributed by atoms with Gasteiger partial charge in [0.1, 0.15) is 5.75 Å². The number of hydrogen-bond acceptors (Lipinski definition) is 3. The van der Waals surface area contributed by atoms with Crippen molar-refractivity contribution >= 4 is 17.4 Å². The largest absolute Gasteiger partial charge is 0.496 e. The number of halogens is 3. The predicted octanol–water partition coefficient (Wildman–Crippen LogP) is 6.45. The first-order valence-corrected chi connectivity index (χ1v) is 9.80. The summed E-state index contributed by atoms with van der Waals surface area (Å²) in [5.74, 6) is -0.402. The average Bonchev–Trinajstić information content (AvgIpc) is 2.73.